The van der Waals surface area contributed by atoms with Crippen LogP contribution < -0.4 is 10.2 Å². The summed E-state index contributed by atoms with van der Waals surface area (Å²) in [5.74, 6) is 0.489. The number of benzene rings is 1. The fourth-order valence-corrected chi connectivity index (χ4v) is 4.30. The van der Waals surface area contributed by atoms with Crippen molar-refractivity contribution in [3.63, 3.8) is 0 Å². The van der Waals surface area contributed by atoms with Crippen LogP contribution in [0, 0.1) is 6.92 Å². The van der Waals surface area contributed by atoms with E-state index in [1.54, 1.807) is 6.20 Å². The predicted octanol–water partition coefficient (Wildman–Crippen LogP) is 2.80. The zero-order valence-electron chi connectivity index (χ0n) is 15.7. The molecule has 7 heteroatoms. The molecule has 0 aliphatic carbocycles. The van der Waals surface area contributed by atoms with Gasteiger partial charge in [-0.3, -0.25) is 9.89 Å². The van der Waals surface area contributed by atoms with Gasteiger partial charge in [0.05, 0.1) is 17.5 Å². The van der Waals surface area contributed by atoms with Crippen molar-refractivity contribution in [3.05, 3.63) is 46.2 Å². The summed E-state index contributed by atoms with van der Waals surface area (Å²) >= 11 is 6.17. The van der Waals surface area contributed by atoms with E-state index < -0.39 is 0 Å². The zero-order valence-corrected chi connectivity index (χ0v) is 16.4. The molecule has 0 atom stereocenters. The molecule has 0 saturated carbocycles. The van der Waals surface area contributed by atoms with E-state index >= 15 is 0 Å². The number of hydrogen-bond donors (Lipinski definition) is 2. The molecular formula is C20H26ClN5O. The molecule has 2 aromatic rings. The van der Waals surface area contributed by atoms with Crippen LogP contribution >= 0.6 is 11.6 Å². The van der Waals surface area contributed by atoms with E-state index in [9.17, 15) is 4.79 Å². The second-order valence-corrected chi connectivity index (χ2v) is 7.87. The maximum absolute atomic E-state index is 13.1. The second kappa shape index (κ2) is 7.90. The maximum Gasteiger partial charge on any atom is 0.257 e. The van der Waals surface area contributed by atoms with Crippen LogP contribution in [-0.4, -0.2) is 60.3 Å². The lowest BCUT2D eigenvalue weighted by Crippen LogP contribution is -2.49. The number of carbonyl (C=O) groups is 1. The van der Waals surface area contributed by atoms with E-state index in [4.69, 9.17) is 11.6 Å². The molecule has 1 aromatic heterocycles. The van der Waals surface area contributed by atoms with Gasteiger partial charge in [0.25, 0.3) is 5.91 Å². The number of piperazine rings is 1. The molecule has 0 radical (unpaired) electrons. The molecule has 2 fully saturated rings. The minimum atomic E-state index is 0.0970. The average Bonchev–Trinajstić information content (AvgIpc) is 3.20. The van der Waals surface area contributed by atoms with E-state index in [2.05, 4.69) is 27.3 Å². The summed E-state index contributed by atoms with van der Waals surface area (Å²) in [6.45, 7) is 7.13. The molecule has 3 heterocycles. The normalized spacial score (nSPS) is 18.7. The Morgan fingerprint density at radius 1 is 1.19 bits per heavy atom. The van der Waals surface area contributed by atoms with Gasteiger partial charge in [0, 0.05) is 42.8 Å². The lowest BCUT2D eigenvalue weighted by Gasteiger charge is -2.37. The highest BCUT2D eigenvalue weighted by molar-refractivity contribution is 6.30. The van der Waals surface area contributed by atoms with E-state index in [-0.39, 0.29) is 5.91 Å². The molecule has 6 nitrogen and oxygen atoms in total. The van der Waals surface area contributed by atoms with Gasteiger partial charge in [-0.05, 0) is 50.6 Å². The highest BCUT2D eigenvalue weighted by atomic mass is 35.5. The van der Waals surface area contributed by atoms with Crippen molar-refractivity contribution < 1.29 is 4.79 Å². The number of hydrogen-bond acceptors (Lipinski definition) is 4. The lowest BCUT2D eigenvalue weighted by atomic mass is 9.92. The first-order valence-corrected chi connectivity index (χ1v) is 10.1. The van der Waals surface area contributed by atoms with Crippen LogP contribution in [0.4, 0.5) is 5.69 Å². The van der Waals surface area contributed by atoms with Gasteiger partial charge in [-0.1, -0.05) is 17.7 Å². The molecule has 144 valence electrons. The Balaban J connectivity index is 1.43. The smallest absolute Gasteiger partial charge is 0.257 e. The van der Waals surface area contributed by atoms with Crippen molar-refractivity contribution in [1.29, 1.82) is 0 Å². The van der Waals surface area contributed by atoms with Gasteiger partial charge in [0.15, 0.2) is 0 Å². The average molecular weight is 388 g/mol. The second-order valence-electron chi connectivity index (χ2n) is 7.43. The molecule has 2 N–H and O–H groups in total. The first kappa shape index (κ1) is 18.3. The van der Waals surface area contributed by atoms with E-state index in [1.165, 1.54) is 5.56 Å². The number of anilines is 1. The Labute approximate surface area is 164 Å². The summed E-state index contributed by atoms with van der Waals surface area (Å²) in [7, 11) is 0. The maximum atomic E-state index is 13.1. The number of halogens is 1. The first-order valence-electron chi connectivity index (χ1n) is 9.68. The standard InChI is InChI=1S/C20H26ClN5O/c1-14-2-3-16(21)12-18(14)25-8-10-26(11-9-25)20(27)17-13-23-24-19(17)15-4-6-22-7-5-15/h2-3,12-13,15,22H,4-11H2,1H3,(H,23,24). The van der Waals surface area contributed by atoms with Crippen LogP contribution in [0.25, 0.3) is 0 Å². The summed E-state index contributed by atoms with van der Waals surface area (Å²) in [6.07, 6.45) is 3.79. The molecule has 2 aliphatic rings. The molecule has 2 saturated heterocycles. The van der Waals surface area contributed by atoms with Gasteiger partial charge in [-0.15, -0.1) is 0 Å². The number of rotatable bonds is 3. The van der Waals surface area contributed by atoms with Gasteiger partial charge in [-0.25, -0.2) is 0 Å². The summed E-state index contributed by atoms with van der Waals surface area (Å²) < 4.78 is 0. The van der Waals surface area contributed by atoms with Crippen LogP contribution in [0.3, 0.4) is 0 Å². The van der Waals surface area contributed by atoms with Gasteiger partial charge >= 0.3 is 0 Å². The topological polar surface area (TPSA) is 64.3 Å². The first-order chi connectivity index (χ1) is 13.1. The minimum Gasteiger partial charge on any atom is -0.368 e. The van der Waals surface area contributed by atoms with Crippen molar-refractivity contribution >= 4 is 23.2 Å². The van der Waals surface area contributed by atoms with Crippen molar-refractivity contribution in [3.8, 4) is 0 Å². The highest BCUT2D eigenvalue weighted by Crippen LogP contribution is 2.28. The zero-order chi connectivity index (χ0) is 18.8. The van der Waals surface area contributed by atoms with Crippen LogP contribution in [0.1, 0.15) is 40.4 Å². The fraction of sp³-hybridized carbons (Fsp3) is 0.500. The minimum absolute atomic E-state index is 0.0970. The van der Waals surface area contributed by atoms with Crippen molar-refractivity contribution in [2.24, 2.45) is 0 Å². The number of carbonyl (C=O) groups excluding carboxylic acids is 1. The van der Waals surface area contributed by atoms with Crippen LogP contribution in [-0.2, 0) is 0 Å². The van der Waals surface area contributed by atoms with Crippen LogP contribution in [0.5, 0.6) is 0 Å². The monoisotopic (exact) mass is 387 g/mol. The number of amides is 1. The summed E-state index contributed by atoms with van der Waals surface area (Å²) in [5, 5.41) is 11.4. The molecule has 2 aliphatic heterocycles. The van der Waals surface area contributed by atoms with Gasteiger partial charge in [0.2, 0.25) is 0 Å². The van der Waals surface area contributed by atoms with Gasteiger partial charge in [-0.2, -0.15) is 5.10 Å². The Bertz CT molecular complexity index is 806. The van der Waals surface area contributed by atoms with Crippen LogP contribution in [0.2, 0.25) is 5.02 Å². The molecule has 0 unspecified atom stereocenters. The largest absolute Gasteiger partial charge is 0.368 e. The Morgan fingerprint density at radius 3 is 2.67 bits per heavy atom. The van der Waals surface area contributed by atoms with Crippen molar-refractivity contribution in [1.82, 2.24) is 20.4 Å². The summed E-state index contributed by atoms with van der Waals surface area (Å²) in [6, 6.07) is 5.98. The van der Waals surface area contributed by atoms with E-state index in [1.807, 2.05) is 23.1 Å². The van der Waals surface area contributed by atoms with E-state index in [0.717, 1.165) is 61.0 Å². The number of aryl methyl sites for hydroxylation is 1. The number of piperidine rings is 1. The van der Waals surface area contributed by atoms with Crippen molar-refractivity contribution in [2.75, 3.05) is 44.2 Å². The SMILES string of the molecule is Cc1ccc(Cl)cc1N1CCN(C(=O)c2cn[nH]c2C2CCNCC2)CC1. The highest BCUT2D eigenvalue weighted by Gasteiger charge is 2.28. The summed E-state index contributed by atoms with van der Waals surface area (Å²) in [4.78, 5) is 17.4. The number of aromatic amines is 1. The third-order valence-corrected chi connectivity index (χ3v) is 5.96. The third kappa shape index (κ3) is 3.82. The summed E-state index contributed by atoms with van der Waals surface area (Å²) in [5.41, 5.74) is 4.12. The van der Waals surface area contributed by atoms with Gasteiger partial charge < -0.3 is 15.1 Å². The van der Waals surface area contributed by atoms with Crippen LogP contribution in [0.15, 0.2) is 24.4 Å². The molecule has 0 bridgehead atoms. The Kier molecular flexibility index (Phi) is 5.36. The van der Waals surface area contributed by atoms with Gasteiger partial charge in [0.1, 0.15) is 0 Å². The van der Waals surface area contributed by atoms with Crippen molar-refractivity contribution in [2.45, 2.75) is 25.7 Å². The molecule has 4 rings (SSSR count). The molecule has 1 amide bonds. The molecular weight excluding hydrogens is 362 g/mol. The molecule has 0 spiro atoms. The quantitative estimate of drug-likeness (QED) is 0.850. The Morgan fingerprint density at radius 2 is 1.93 bits per heavy atom. The number of nitrogens with zero attached hydrogens (tertiary/aromatic N) is 3. The Hall–Kier alpha value is -2.05. The third-order valence-electron chi connectivity index (χ3n) is 5.73. The lowest BCUT2D eigenvalue weighted by molar-refractivity contribution is 0.0745. The number of nitrogens with one attached hydrogen (secondary N) is 2. The van der Waals surface area contributed by atoms with E-state index in [0.29, 0.717) is 19.0 Å². The number of H-pyrrole nitrogens is 1. The molecule has 27 heavy (non-hydrogen) atoms. The fourth-order valence-electron chi connectivity index (χ4n) is 4.13. The predicted molar refractivity (Wildman–Crippen MR) is 108 cm³/mol. The molecule has 1 aromatic carbocycles. The number of aromatic nitrogens is 2.